The number of hydrogen-bond donors (Lipinski definition) is 1. The number of hydrogen-bond acceptors (Lipinski definition) is 4. The molecule has 1 atom stereocenters. The summed E-state index contributed by atoms with van der Waals surface area (Å²) in [4.78, 5) is 44.0. The van der Waals surface area contributed by atoms with Crippen LogP contribution < -0.4 is 10.2 Å². The summed E-state index contributed by atoms with van der Waals surface area (Å²) in [5, 5.41) is 2.90. The first kappa shape index (κ1) is 20.1. The van der Waals surface area contributed by atoms with Crippen LogP contribution in [0.15, 0.2) is 54.6 Å². The monoisotopic (exact) mass is 406 g/mol. The highest BCUT2D eigenvalue weighted by molar-refractivity contribution is 6.07. The summed E-state index contributed by atoms with van der Waals surface area (Å²) in [6.07, 6.45) is 0.162. The van der Waals surface area contributed by atoms with Gasteiger partial charge in [0, 0.05) is 44.8 Å². The summed E-state index contributed by atoms with van der Waals surface area (Å²) in [6.45, 7) is 3.34. The van der Waals surface area contributed by atoms with Crippen molar-refractivity contribution in [1.82, 2.24) is 9.80 Å². The van der Waals surface area contributed by atoms with Gasteiger partial charge in [0.05, 0.1) is 17.2 Å². The quantitative estimate of drug-likeness (QED) is 0.844. The van der Waals surface area contributed by atoms with Crippen LogP contribution in [0.5, 0.6) is 0 Å². The number of carbonyl (C=O) groups excluding carboxylic acids is 3. The molecule has 0 aromatic heterocycles. The van der Waals surface area contributed by atoms with Gasteiger partial charge >= 0.3 is 0 Å². The Bertz CT molecular complexity index is 938. The van der Waals surface area contributed by atoms with E-state index in [4.69, 9.17) is 0 Å². The summed E-state index contributed by atoms with van der Waals surface area (Å²) in [5.74, 6) is -0.833. The number of carbonyl (C=O) groups is 3. The summed E-state index contributed by atoms with van der Waals surface area (Å²) in [7, 11) is 2.04. The van der Waals surface area contributed by atoms with Crippen LogP contribution in [0.2, 0.25) is 0 Å². The second kappa shape index (κ2) is 8.67. The Kier molecular flexibility index (Phi) is 5.81. The minimum Gasteiger partial charge on any atom is -0.336 e. The van der Waals surface area contributed by atoms with Gasteiger partial charge in [-0.1, -0.05) is 30.3 Å². The van der Waals surface area contributed by atoms with Crippen molar-refractivity contribution in [3.8, 4) is 0 Å². The molecule has 2 heterocycles. The van der Waals surface area contributed by atoms with Gasteiger partial charge in [-0.3, -0.25) is 14.4 Å². The summed E-state index contributed by atoms with van der Waals surface area (Å²) >= 11 is 0. The first-order valence-corrected chi connectivity index (χ1v) is 10.3. The molecular weight excluding hydrogens is 380 g/mol. The molecule has 0 spiro atoms. The van der Waals surface area contributed by atoms with E-state index in [9.17, 15) is 14.4 Å². The average molecular weight is 406 g/mol. The van der Waals surface area contributed by atoms with Gasteiger partial charge in [-0.25, -0.2) is 0 Å². The molecule has 2 aliphatic rings. The number of rotatable bonds is 4. The average Bonchev–Trinajstić information content (AvgIpc) is 3.16. The maximum Gasteiger partial charge on any atom is 0.256 e. The molecule has 2 aromatic rings. The van der Waals surface area contributed by atoms with E-state index in [1.54, 1.807) is 29.2 Å². The number of para-hydroxylation sites is 2. The molecule has 0 aliphatic carbocycles. The molecule has 0 radical (unpaired) electrons. The van der Waals surface area contributed by atoms with E-state index in [1.165, 1.54) is 0 Å². The Morgan fingerprint density at radius 2 is 1.60 bits per heavy atom. The largest absolute Gasteiger partial charge is 0.336 e. The summed E-state index contributed by atoms with van der Waals surface area (Å²) in [5.41, 5.74) is 1.78. The molecule has 30 heavy (non-hydrogen) atoms. The molecule has 0 bridgehead atoms. The number of piperazine rings is 1. The third-order valence-corrected chi connectivity index (χ3v) is 5.77. The Labute approximate surface area is 176 Å². The van der Waals surface area contributed by atoms with Crippen molar-refractivity contribution in [2.75, 3.05) is 50.0 Å². The predicted octanol–water partition coefficient (Wildman–Crippen LogP) is 2.07. The number of likely N-dealkylation sites (N-methyl/N-ethyl adjacent to an activating group) is 1. The topological polar surface area (TPSA) is 73.0 Å². The third-order valence-electron chi connectivity index (χ3n) is 5.77. The Balaban J connectivity index is 1.45. The maximum absolute atomic E-state index is 13.0. The molecule has 4 rings (SSSR count). The van der Waals surface area contributed by atoms with E-state index < -0.39 is 5.92 Å². The molecule has 7 nitrogen and oxygen atoms in total. The lowest BCUT2D eigenvalue weighted by atomic mass is 10.1. The maximum atomic E-state index is 13.0. The fourth-order valence-corrected chi connectivity index (χ4v) is 3.93. The zero-order valence-corrected chi connectivity index (χ0v) is 17.1. The molecule has 7 heteroatoms. The standard InChI is InChI=1S/C23H26N4O3/c1-25-11-13-26(14-12-25)23(30)19-9-5-6-10-20(19)24-22(29)17-15-21(28)27(16-17)18-7-3-2-4-8-18/h2-10,17H,11-16H2,1H3,(H,24,29)/t17-/m0/s1. The smallest absolute Gasteiger partial charge is 0.256 e. The zero-order chi connectivity index (χ0) is 21.1. The Morgan fingerprint density at radius 1 is 0.933 bits per heavy atom. The summed E-state index contributed by atoms with van der Waals surface area (Å²) < 4.78 is 0. The van der Waals surface area contributed by atoms with Gasteiger partial charge in [0.25, 0.3) is 5.91 Å². The van der Waals surface area contributed by atoms with Crippen LogP contribution in [0.25, 0.3) is 0 Å². The van der Waals surface area contributed by atoms with Gasteiger partial charge in [0.2, 0.25) is 11.8 Å². The van der Waals surface area contributed by atoms with E-state index in [0.29, 0.717) is 30.9 Å². The molecule has 2 saturated heterocycles. The zero-order valence-electron chi connectivity index (χ0n) is 17.1. The van der Waals surface area contributed by atoms with Gasteiger partial charge in [-0.15, -0.1) is 0 Å². The molecule has 2 aliphatic heterocycles. The lowest BCUT2D eigenvalue weighted by Crippen LogP contribution is -2.47. The highest BCUT2D eigenvalue weighted by atomic mass is 16.2. The van der Waals surface area contributed by atoms with Gasteiger partial charge in [0.15, 0.2) is 0 Å². The SMILES string of the molecule is CN1CCN(C(=O)c2ccccc2NC(=O)[C@H]2CC(=O)N(c3ccccc3)C2)CC1. The van der Waals surface area contributed by atoms with Crippen molar-refractivity contribution in [2.45, 2.75) is 6.42 Å². The molecule has 2 aromatic carbocycles. The number of nitrogens with one attached hydrogen (secondary N) is 1. The fourth-order valence-electron chi connectivity index (χ4n) is 3.93. The molecular formula is C23H26N4O3. The normalized spacial score (nSPS) is 19.8. The number of anilines is 2. The van der Waals surface area contributed by atoms with Crippen LogP contribution >= 0.6 is 0 Å². The Hall–Kier alpha value is -3.19. The second-order valence-electron chi connectivity index (χ2n) is 7.87. The van der Waals surface area contributed by atoms with Crippen molar-refractivity contribution in [3.63, 3.8) is 0 Å². The second-order valence-corrected chi connectivity index (χ2v) is 7.87. The van der Waals surface area contributed by atoms with Crippen LogP contribution in [0, 0.1) is 5.92 Å². The number of benzene rings is 2. The lowest BCUT2D eigenvalue weighted by molar-refractivity contribution is -0.122. The van der Waals surface area contributed by atoms with Crippen molar-refractivity contribution < 1.29 is 14.4 Å². The molecule has 0 unspecified atom stereocenters. The lowest BCUT2D eigenvalue weighted by Gasteiger charge is -2.32. The highest BCUT2D eigenvalue weighted by Gasteiger charge is 2.35. The van der Waals surface area contributed by atoms with Crippen molar-refractivity contribution in [2.24, 2.45) is 5.92 Å². The van der Waals surface area contributed by atoms with Gasteiger partial charge < -0.3 is 20.0 Å². The minimum absolute atomic E-state index is 0.0665. The summed E-state index contributed by atoms with van der Waals surface area (Å²) in [6, 6.07) is 16.4. The predicted molar refractivity (Wildman–Crippen MR) is 115 cm³/mol. The van der Waals surface area contributed by atoms with Crippen LogP contribution in [0.1, 0.15) is 16.8 Å². The van der Waals surface area contributed by atoms with E-state index in [2.05, 4.69) is 10.2 Å². The number of nitrogens with zero attached hydrogens (tertiary/aromatic N) is 3. The van der Waals surface area contributed by atoms with E-state index in [1.807, 2.05) is 42.3 Å². The fraction of sp³-hybridized carbons (Fsp3) is 0.348. The highest BCUT2D eigenvalue weighted by Crippen LogP contribution is 2.26. The first-order chi connectivity index (χ1) is 14.5. The molecule has 0 saturated carbocycles. The van der Waals surface area contributed by atoms with Crippen LogP contribution in [-0.2, 0) is 9.59 Å². The van der Waals surface area contributed by atoms with Gasteiger partial charge in [0.1, 0.15) is 0 Å². The van der Waals surface area contributed by atoms with E-state index in [0.717, 1.165) is 18.8 Å². The van der Waals surface area contributed by atoms with Crippen molar-refractivity contribution in [1.29, 1.82) is 0 Å². The molecule has 1 N–H and O–H groups in total. The van der Waals surface area contributed by atoms with Gasteiger partial charge in [-0.2, -0.15) is 0 Å². The van der Waals surface area contributed by atoms with E-state index in [-0.39, 0.29) is 24.1 Å². The van der Waals surface area contributed by atoms with Crippen LogP contribution in [-0.4, -0.2) is 67.3 Å². The first-order valence-electron chi connectivity index (χ1n) is 10.3. The van der Waals surface area contributed by atoms with Gasteiger partial charge in [-0.05, 0) is 31.3 Å². The molecule has 2 fully saturated rings. The number of amides is 3. The van der Waals surface area contributed by atoms with Crippen molar-refractivity contribution >= 4 is 29.1 Å². The minimum atomic E-state index is -0.454. The molecule has 3 amide bonds. The molecule has 156 valence electrons. The van der Waals surface area contributed by atoms with Crippen LogP contribution in [0.3, 0.4) is 0 Å². The Morgan fingerprint density at radius 3 is 2.33 bits per heavy atom. The van der Waals surface area contributed by atoms with Crippen LogP contribution in [0.4, 0.5) is 11.4 Å². The third kappa shape index (κ3) is 4.21. The van der Waals surface area contributed by atoms with Crippen molar-refractivity contribution in [3.05, 3.63) is 60.2 Å². The van der Waals surface area contributed by atoms with E-state index >= 15 is 0 Å².